The summed E-state index contributed by atoms with van der Waals surface area (Å²) in [5.41, 5.74) is 5.90. The van der Waals surface area contributed by atoms with Crippen molar-refractivity contribution >= 4 is 28.2 Å². The Bertz CT molecular complexity index is 880. The molecule has 0 bridgehead atoms. The molecule has 2 aliphatic heterocycles. The highest BCUT2D eigenvalue weighted by Gasteiger charge is 2.33. The van der Waals surface area contributed by atoms with Crippen LogP contribution in [0.15, 0.2) is 17.3 Å². The molecule has 3 heterocycles. The second-order valence-electron chi connectivity index (χ2n) is 6.87. The molecule has 0 saturated carbocycles. The van der Waals surface area contributed by atoms with Gasteiger partial charge in [-0.2, -0.15) is 0 Å². The van der Waals surface area contributed by atoms with Gasteiger partial charge >= 0.3 is 0 Å². The van der Waals surface area contributed by atoms with Crippen LogP contribution in [0.1, 0.15) is 28.3 Å². The lowest BCUT2D eigenvalue weighted by Crippen LogP contribution is -2.44. The number of sulfone groups is 1. The summed E-state index contributed by atoms with van der Waals surface area (Å²) in [4.78, 5) is 20.1. The van der Waals surface area contributed by atoms with Crippen LogP contribution in [0, 0.1) is 5.41 Å². The van der Waals surface area contributed by atoms with E-state index in [1.807, 2.05) is 0 Å². The fourth-order valence-electron chi connectivity index (χ4n) is 3.06. The van der Waals surface area contributed by atoms with Gasteiger partial charge in [0.05, 0.1) is 23.5 Å². The topological polar surface area (TPSA) is 148 Å². The van der Waals surface area contributed by atoms with Crippen LogP contribution in [0.4, 0.5) is 4.39 Å². The predicted octanol–water partition coefficient (Wildman–Crippen LogP) is -0.140. The molecule has 28 heavy (non-hydrogen) atoms. The molecule has 4 N–H and O–H groups in total. The van der Waals surface area contributed by atoms with Crippen molar-refractivity contribution in [2.75, 3.05) is 24.6 Å². The van der Waals surface area contributed by atoms with Gasteiger partial charge in [0.15, 0.2) is 9.84 Å². The van der Waals surface area contributed by atoms with Crippen LogP contribution < -0.4 is 15.8 Å². The average molecular weight is 411 g/mol. The number of pyridine rings is 1. The minimum atomic E-state index is -2.99. The van der Waals surface area contributed by atoms with Gasteiger partial charge in [0.1, 0.15) is 17.8 Å². The van der Waals surface area contributed by atoms with Crippen LogP contribution in [-0.2, 0) is 9.84 Å². The summed E-state index contributed by atoms with van der Waals surface area (Å²) < 4.78 is 42.0. The molecule has 0 aromatic carbocycles. The van der Waals surface area contributed by atoms with Crippen LogP contribution in [0.2, 0.25) is 0 Å². The minimum absolute atomic E-state index is 0.00490. The molecule has 3 unspecified atom stereocenters. The standard InChI is InChI=1S/C17H22FN5O4S/c18-14-7-21-2-1-15(14)27-17-13(16(20)24)3-10(5-23-17)11(4-19)6-22-12-8-28(25,26)9-12/h3-6,11-12,14-15,19,21H,1-2,7-9H2,(H2,20,24). The molecular formula is C17H22FN5O4S. The summed E-state index contributed by atoms with van der Waals surface area (Å²) >= 11 is 0. The van der Waals surface area contributed by atoms with Crippen molar-refractivity contribution in [2.24, 2.45) is 10.7 Å². The van der Waals surface area contributed by atoms with Gasteiger partial charge in [0.25, 0.3) is 5.91 Å². The number of amides is 1. The molecule has 152 valence electrons. The first-order chi connectivity index (χ1) is 13.3. The van der Waals surface area contributed by atoms with Gasteiger partial charge in [-0.15, -0.1) is 0 Å². The van der Waals surface area contributed by atoms with Crippen molar-refractivity contribution in [3.8, 4) is 5.88 Å². The lowest BCUT2D eigenvalue weighted by Gasteiger charge is -2.27. The Hall–Kier alpha value is -2.40. The van der Waals surface area contributed by atoms with Gasteiger partial charge in [0, 0.05) is 25.2 Å². The second kappa shape index (κ2) is 8.31. The molecule has 0 radical (unpaired) electrons. The number of ether oxygens (including phenoxy) is 1. The number of halogens is 1. The summed E-state index contributed by atoms with van der Waals surface area (Å²) in [6, 6.07) is 1.12. The van der Waals surface area contributed by atoms with Crippen molar-refractivity contribution in [2.45, 2.75) is 30.7 Å². The predicted molar refractivity (Wildman–Crippen MR) is 102 cm³/mol. The van der Waals surface area contributed by atoms with Gasteiger partial charge < -0.3 is 21.2 Å². The Labute approximate surface area is 162 Å². The number of carbonyl (C=O) groups is 1. The zero-order chi connectivity index (χ0) is 20.3. The summed E-state index contributed by atoms with van der Waals surface area (Å²) in [6.45, 7) is 0.760. The lowest BCUT2D eigenvalue weighted by atomic mass is 10.0. The number of nitrogens with two attached hydrogens (primary N) is 1. The van der Waals surface area contributed by atoms with E-state index in [1.54, 1.807) is 0 Å². The number of aromatic nitrogens is 1. The highest BCUT2D eigenvalue weighted by molar-refractivity contribution is 7.92. The maximum Gasteiger partial charge on any atom is 0.254 e. The van der Waals surface area contributed by atoms with Crippen LogP contribution in [-0.4, -0.2) is 74.7 Å². The second-order valence-corrected chi connectivity index (χ2v) is 9.03. The largest absolute Gasteiger partial charge is 0.471 e. The maximum atomic E-state index is 14.0. The van der Waals surface area contributed by atoms with Crippen molar-refractivity contribution in [3.05, 3.63) is 23.4 Å². The Kier molecular flexibility index (Phi) is 6.04. The zero-order valence-corrected chi connectivity index (χ0v) is 15.9. The molecule has 3 rings (SSSR count). The van der Waals surface area contributed by atoms with E-state index in [0.29, 0.717) is 18.5 Å². The van der Waals surface area contributed by atoms with Gasteiger partial charge in [-0.05, 0) is 24.6 Å². The van der Waals surface area contributed by atoms with Gasteiger partial charge in [-0.25, -0.2) is 17.8 Å². The average Bonchev–Trinajstić information content (AvgIpc) is 2.63. The van der Waals surface area contributed by atoms with Crippen molar-refractivity contribution in [3.63, 3.8) is 0 Å². The summed E-state index contributed by atoms with van der Waals surface area (Å²) in [5, 5.41) is 10.5. The van der Waals surface area contributed by atoms with Crippen molar-refractivity contribution < 1.29 is 22.3 Å². The van der Waals surface area contributed by atoms with Crippen molar-refractivity contribution in [1.82, 2.24) is 10.3 Å². The number of carbonyl (C=O) groups excluding carboxylic acids is 1. The Morgan fingerprint density at radius 2 is 2.25 bits per heavy atom. The number of nitrogens with one attached hydrogen (secondary N) is 2. The van der Waals surface area contributed by atoms with E-state index in [0.717, 1.165) is 6.21 Å². The molecule has 3 atom stereocenters. The number of piperidine rings is 1. The van der Waals surface area contributed by atoms with E-state index in [4.69, 9.17) is 15.9 Å². The van der Waals surface area contributed by atoms with Gasteiger partial charge in [-0.3, -0.25) is 9.79 Å². The number of hydrogen-bond acceptors (Lipinski definition) is 8. The fourth-order valence-corrected chi connectivity index (χ4v) is 4.30. The normalized spacial score (nSPS) is 25.8. The molecule has 0 aliphatic carbocycles. The molecule has 2 saturated heterocycles. The first kappa shape index (κ1) is 20.3. The van der Waals surface area contributed by atoms with Crippen LogP contribution in [0.3, 0.4) is 0 Å². The number of nitrogens with zero attached hydrogens (tertiary/aromatic N) is 2. The highest BCUT2D eigenvalue weighted by atomic mass is 32.2. The SMILES string of the molecule is N=CC(C=NC1CS(=O)(=O)C1)c1cnc(OC2CCNCC2F)c(C(N)=O)c1. The summed E-state index contributed by atoms with van der Waals surface area (Å²) in [7, 11) is -2.99. The minimum Gasteiger partial charge on any atom is -0.471 e. The molecule has 2 fully saturated rings. The Balaban J connectivity index is 1.78. The Morgan fingerprint density at radius 3 is 2.86 bits per heavy atom. The lowest BCUT2D eigenvalue weighted by molar-refractivity contribution is 0.0676. The third kappa shape index (κ3) is 4.71. The van der Waals surface area contributed by atoms with E-state index in [-0.39, 0.29) is 35.5 Å². The number of hydrogen-bond donors (Lipinski definition) is 3. The number of aliphatic imine (C=N–C) groups is 1. The van der Waals surface area contributed by atoms with Crippen LogP contribution in [0.25, 0.3) is 0 Å². The van der Waals surface area contributed by atoms with Crippen molar-refractivity contribution in [1.29, 1.82) is 5.41 Å². The molecule has 0 spiro atoms. The van der Waals surface area contributed by atoms with Gasteiger partial charge in [-0.1, -0.05) is 0 Å². The molecule has 2 aliphatic rings. The van der Waals surface area contributed by atoms with Crippen LogP contribution in [0.5, 0.6) is 5.88 Å². The number of alkyl halides is 1. The van der Waals surface area contributed by atoms with E-state index in [2.05, 4.69) is 15.3 Å². The third-order valence-corrected chi connectivity index (χ3v) is 6.45. The fraction of sp³-hybridized carbons (Fsp3) is 0.529. The molecule has 1 amide bonds. The van der Waals surface area contributed by atoms with E-state index >= 15 is 0 Å². The molecule has 1 aromatic heterocycles. The maximum absolute atomic E-state index is 14.0. The molecule has 9 nitrogen and oxygen atoms in total. The van der Waals surface area contributed by atoms with E-state index < -0.39 is 33.9 Å². The number of primary amides is 1. The molecule has 11 heteroatoms. The van der Waals surface area contributed by atoms with E-state index in [9.17, 15) is 17.6 Å². The summed E-state index contributed by atoms with van der Waals surface area (Å²) in [6.07, 6.45) is 2.45. The van der Waals surface area contributed by atoms with Gasteiger partial charge in [0.2, 0.25) is 5.88 Å². The Morgan fingerprint density at radius 1 is 1.50 bits per heavy atom. The smallest absolute Gasteiger partial charge is 0.254 e. The molecular weight excluding hydrogens is 389 g/mol. The number of rotatable bonds is 7. The highest BCUT2D eigenvalue weighted by Crippen LogP contribution is 2.24. The van der Waals surface area contributed by atoms with E-state index in [1.165, 1.54) is 18.5 Å². The summed E-state index contributed by atoms with van der Waals surface area (Å²) in [5.74, 6) is -1.44. The monoisotopic (exact) mass is 411 g/mol. The third-order valence-electron chi connectivity index (χ3n) is 4.66. The first-order valence-corrected chi connectivity index (χ1v) is 10.7. The first-order valence-electron chi connectivity index (χ1n) is 8.84. The molecule has 1 aromatic rings. The van der Waals surface area contributed by atoms with Crippen LogP contribution >= 0.6 is 0 Å². The zero-order valence-electron chi connectivity index (χ0n) is 15.0. The quantitative estimate of drug-likeness (QED) is 0.532.